The van der Waals surface area contributed by atoms with Gasteiger partial charge in [-0.25, -0.2) is 4.98 Å². The monoisotopic (exact) mass is 365 g/mol. The Balaban J connectivity index is 1.65. The summed E-state index contributed by atoms with van der Waals surface area (Å²) in [6.45, 7) is 7.76. The molecule has 1 aromatic carbocycles. The minimum atomic E-state index is 0.652. The zero-order chi connectivity index (χ0) is 14.7. The quantitative estimate of drug-likeness (QED) is 0.822. The van der Waals surface area contributed by atoms with Crippen LogP contribution < -0.4 is 4.90 Å². The van der Waals surface area contributed by atoms with E-state index in [9.17, 15) is 0 Å². The molecule has 3 nitrogen and oxygen atoms in total. The smallest absolute Gasteiger partial charge is 0.186 e. The molecule has 0 radical (unpaired) electrons. The first-order chi connectivity index (χ1) is 10.2. The third-order valence-electron chi connectivity index (χ3n) is 3.77. The number of nitrogens with zero attached hydrogens (tertiary/aromatic N) is 3. The summed E-state index contributed by atoms with van der Waals surface area (Å²) in [5.74, 6) is 0.652. The summed E-state index contributed by atoms with van der Waals surface area (Å²) in [5.41, 5.74) is 1.40. The van der Waals surface area contributed by atoms with Gasteiger partial charge in [-0.1, -0.05) is 37.3 Å². The van der Waals surface area contributed by atoms with Crippen molar-refractivity contribution in [2.45, 2.75) is 13.5 Å². The van der Waals surface area contributed by atoms with Gasteiger partial charge in [-0.3, -0.25) is 4.90 Å². The van der Waals surface area contributed by atoms with Gasteiger partial charge >= 0.3 is 0 Å². The fourth-order valence-corrected chi connectivity index (χ4v) is 4.16. The molecule has 2 aromatic rings. The first kappa shape index (κ1) is 15.0. The van der Waals surface area contributed by atoms with Gasteiger partial charge in [0.15, 0.2) is 5.13 Å². The van der Waals surface area contributed by atoms with Gasteiger partial charge in [0.25, 0.3) is 0 Å². The van der Waals surface area contributed by atoms with E-state index >= 15 is 0 Å². The van der Waals surface area contributed by atoms with E-state index in [1.54, 1.807) is 11.3 Å². The van der Waals surface area contributed by atoms with Crippen LogP contribution in [0.4, 0.5) is 5.13 Å². The predicted octanol–water partition coefficient (Wildman–Crippen LogP) is 3.86. The maximum atomic E-state index is 4.56. The van der Waals surface area contributed by atoms with Gasteiger partial charge in [0.1, 0.15) is 4.60 Å². The molecule has 1 aliphatic heterocycles. The highest BCUT2D eigenvalue weighted by atomic mass is 79.9. The zero-order valence-electron chi connectivity index (χ0n) is 12.2. The standard InChI is InChI=1S/C16H20BrN3S/c1-13-9-19(11-14-5-3-2-4-6-14)7-8-20(10-13)16-18-15(17)12-21-16/h2-6,12-13H,7-11H2,1H3. The van der Waals surface area contributed by atoms with Gasteiger partial charge < -0.3 is 4.90 Å². The zero-order valence-corrected chi connectivity index (χ0v) is 14.6. The van der Waals surface area contributed by atoms with Gasteiger partial charge in [-0.05, 0) is 27.4 Å². The number of rotatable bonds is 3. The average molecular weight is 366 g/mol. The summed E-state index contributed by atoms with van der Waals surface area (Å²) in [6.07, 6.45) is 0. The van der Waals surface area contributed by atoms with Crippen molar-refractivity contribution in [3.8, 4) is 0 Å². The first-order valence-corrected chi connectivity index (χ1v) is 9.00. The molecule has 0 N–H and O–H groups in total. The van der Waals surface area contributed by atoms with Crippen LogP contribution in [0.5, 0.6) is 0 Å². The molecule has 0 amide bonds. The van der Waals surface area contributed by atoms with Crippen LogP contribution >= 0.6 is 27.3 Å². The van der Waals surface area contributed by atoms with Crippen LogP contribution in [0.15, 0.2) is 40.3 Å². The molecule has 0 spiro atoms. The molecule has 1 atom stereocenters. The molecule has 0 saturated carbocycles. The second kappa shape index (κ2) is 6.90. The molecule has 5 heteroatoms. The van der Waals surface area contributed by atoms with Crippen molar-refractivity contribution >= 4 is 32.4 Å². The Bertz CT molecular complexity index is 572. The Morgan fingerprint density at radius 1 is 1.24 bits per heavy atom. The summed E-state index contributed by atoms with van der Waals surface area (Å²) >= 11 is 5.17. The van der Waals surface area contributed by atoms with E-state index < -0.39 is 0 Å². The van der Waals surface area contributed by atoms with Crippen LogP contribution in [0.2, 0.25) is 0 Å². The number of hydrogen-bond donors (Lipinski definition) is 0. The van der Waals surface area contributed by atoms with Gasteiger partial charge in [0, 0.05) is 38.1 Å². The molecule has 3 rings (SSSR count). The van der Waals surface area contributed by atoms with E-state index in [-0.39, 0.29) is 0 Å². The maximum Gasteiger partial charge on any atom is 0.186 e. The van der Waals surface area contributed by atoms with Crippen molar-refractivity contribution in [1.29, 1.82) is 0 Å². The second-order valence-electron chi connectivity index (χ2n) is 5.72. The Morgan fingerprint density at radius 3 is 2.76 bits per heavy atom. The topological polar surface area (TPSA) is 19.4 Å². The van der Waals surface area contributed by atoms with Crippen molar-refractivity contribution in [1.82, 2.24) is 9.88 Å². The number of aromatic nitrogens is 1. The van der Waals surface area contributed by atoms with Crippen molar-refractivity contribution in [2.24, 2.45) is 5.92 Å². The Hall–Kier alpha value is -0.910. The highest BCUT2D eigenvalue weighted by molar-refractivity contribution is 9.10. The molecule has 0 bridgehead atoms. The molecule has 1 unspecified atom stereocenters. The predicted molar refractivity (Wildman–Crippen MR) is 92.9 cm³/mol. The average Bonchev–Trinajstić information content (AvgIpc) is 2.82. The lowest BCUT2D eigenvalue weighted by molar-refractivity contribution is 0.257. The summed E-state index contributed by atoms with van der Waals surface area (Å²) in [7, 11) is 0. The van der Waals surface area contributed by atoms with Crippen LogP contribution in [0.25, 0.3) is 0 Å². The number of anilines is 1. The van der Waals surface area contributed by atoms with Crippen LogP contribution in [0.3, 0.4) is 0 Å². The number of hydrogen-bond acceptors (Lipinski definition) is 4. The molecule has 21 heavy (non-hydrogen) atoms. The van der Waals surface area contributed by atoms with Crippen molar-refractivity contribution in [3.05, 3.63) is 45.9 Å². The Labute approximate surface area is 138 Å². The molecule has 1 aromatic heterocycles. The SMILES string of the molecule is CC1CN(Cc2ccccc2)CCN(c2nc(Br)cs2)C1. The lowest BCUT2D eigenvalue weighted by Crippen LogP contribution is -2.30. The third kappa shape index (κ3) is 4.05. The van der Waals surface area contributed by atoms with E-state index in [1.807, 2.05) is 0 Å². The number of halogens is 1. The van der Waals surface area contributed by atoms with Gasteiger partial charge in [0.05, 0.1) is 0 Å². The molecule has 1 saturated heterocycles. The summed E-state index contributed by atoms with van der Waals surface area (Å²) in [4.78, 5) is 9.54. The number of benzene rings is 1. The lowest BCUT2D eigenvalue weighted by Gasteiger charge is -2.21. The first-order valence-electron chi connectivity index (χ1n) is 7.33. The van der Waals surface area contributed by atoms with Crippen molar-refractivity contribution in [2.75, 3.05) is 31.1 Å². The maximum absolute atomic E-state index is 4.56. The molecule has 0 aliphatic carbocycles. The number of thiazole rings is 1. The highest BCUT2D eigenvalue weighted by Gasteiger charge is 2.21. The van der Waals surface area contributed by atoms with Crippen LogP contribution in [0, 0.1) is 5.92 Å². The summed E-state index contributed by atoms with van der Waals surface area (Å²) in [5, 5.41) is 3.20. The van der Waals surface area contributed by atoms with Crippen molar-refractivity contribution < 1.29 is 0 Å². The Morgan fingerprint density at radius 2 is 2.05 bits per heavy atom. The van der Waals surface area contributed by atoms with E-state index in [2.05, 4.69) is 73.3 Å². The van der Waals surface area contributed by atoms with Crippen LogP contribution in [0.1, 0.15) is 12.5 Å². The molecular formula is C16H20BrN3S. The van der Waals surface area contributed by atoms with E-state index in [0.29, 0.717) is 5.92 Å². The fraction of sp³-hybridized carbons (Fsp3) is 0.438. The van der Waals surface area contributed by atoms with Crippen LogP contribution in [-0.2, 0) is 6.54 Å². The minimum absolute atomic E-state index is 0.652. The van der Waals surface area contributed by atoms with Gasteiger partial charge in [0.2, 0.25) is 0 Å². The molecule has 2 heterocycles. The Kier molecular flexibility index (Phi) is 4.93. The molecule has 112 valence electrons. The fourth-order valence-electron chi connectivity index (χ4n) is 2.87. The molecule has 1 fully saturated rings. The van der Waals surface area contributed by atoms with E-state index in [0.717, 1.165) is 42.5 Å². The second-order valence-corrected chi connectivity index (χ2v) is 7.37. The van der Waals surface area contributed by atoms with E-state index in [4.69, 9.17) is 0 Å². The van der Waals surface area contributed by atoms with Crippen LogP contribution in [-0.4, -0.2) is 36.1 Å². The van der Waals surface area contributed by atoms with Gasteiger partial charge in [-0.15, -0.1) is 11.3 Å². The highest BCUT2D eigenvalue weighted by Crippen LogP contribution is 2.25. The van der Waals surface area contributed by atoms with Crippen molar-refractivity contribution in [3.63, 3.8) is 0 Å². The normalized spacial score (nSPS) is 20.5. The van der Waals surface area contributed by atoms with E-state index in [1.165, 1.54) is 5.56 Å². The molecular weight excluding hydrogens is 346 g/mol. The minimum Gasteiger partial charge on any atom is -0.346 e. The largest absolute Gasteiger partial charge is 0.346 e. The third-order valence-corrected chi connectivity index (χ3v) is 5.38. The van der Waals surface area contributed by atoms with Gasteiger partial charge in [-0.2, -0.15) is 0 Å². The summed E-state index contributed by atoms with van der Waals surface area (Å²) in [6, 6.07) is 10.7. The molecule has 1 aliphatic rings. The lowest BCUT2D eigenvalue weighted by atomic mass is 10.1. The summed E-state index contributed by atoms with van der Waals surface area (Å²) < 4.78 is 0.945.